The van der Waals surface area contributed by atoms with E-state index in [1.165, 1.54) is 18.3 Å². The van der Waals surface area contributed by atoms with Gasteiger partial charge in [-0.2, -0.15) is 0 Å². The van der Waals surface area contributed by atoms with E-state index < -0.39 is 0 Å². The third-order valence-corrected chi connectivity index (χ3v) is 1.14. The molecule has 0 bridgehead atoms. The van der Waals surface area contributed by atoms with Gasteiger partial charge in [-0.05, 0) is 6.08 Å². The van der Waals surface area contributed by atoms with Gasteiger partial charge in [0.1, 0.15) is 6.26 Å². The Kier molecular flexibility index (Phi) is 2.56. The zero-order chi connectivity index (χ0) is 5.66. The fraction of sp³-hybridized carbons (Fsp3) is 0.200. The third kappa shape index (κ3) is 2.04. The van der Waals surface area contributed by atoms with Crippen molar-refractivity contribution in [2.75, 3.05) is 5.75 Å². The Morgan fingerprint density at radius 1 is 1.38 bits per heavy atom. The summed E-state index contributed by atoms with van der Waals surface area (Å²) in [5, 5.41) is 0. The SMILES string of the molecule is C1=C\CSOO\C=C/1. The zero-order valence-corrected chi connectivity index (χ0v) is 5.06. The highest BCUT2D eigenvalue weighted by atomic mass is 32.2. The number of hydrogen-bond donors (Lipinski definition) is 0. The summed E-state index contributed by atoms with van der Waals surface area (Å²) in [7, 11) is 0. The Hall–Kier alpha value is -0.410. The van der Waals surface area contributed by atoms with Crippen molar-refractivity contribution >= 4 is 12.0 Å². The van der Waals surface area contributed by atoms with Crippen LogP contribution >= 0.6 is 12.0 Å². The molecular formula is C5H6O2S. The molecule has 0 aromatic rings. The van der Waals surface area contributed by atoms with Crippen LogP contribution in [0, 0.1) is 0 Å². The van der Waals surface area contributed by atoms with Crippen LogP contribution in [0.15, 0.2) is 24.5 Å². The van der Waals surface area contributed by atoms with Crippen LogP contribution in [0.2, 0.25) is 0 Å². The summed E-state index contributed by atoms with van der Waals surface area (Å²) in [6.45, 7) is 0. The summed E-state index contributed by atoms with van der Waals surface area (Å²) < 4.78 is 4.55. The maximum Gasteiger partial charge on any atom is 0.130 e. The quantitative estimate of drug-likeness (QED) is 0.367. The van der Waals surface area contributed by atoms with Crippen LogP contribution in [0.1, 0.15) is 0 Å². The molecule has 0 spiro atoms. The molecule has 0 atom stereocenters. The van der Waals surface area contributed by atoms with E-state index in [4.69, 9.17) is 0 Å². The lowest BCUT2D eigenvalue weighted by Gasteiger charge is -1.96. The molecule has 0 unspecified atom stereocenters. The molecule has 0 amide bonds. The highest BCUT2D eigenvalue weighted by molar-refractivity contribution is 7.94. The first kappa shape index (κ1) is 5.72. The van der Waals surface area contributed by atoms with E-state index in [0.29, 0.717) is 0 Å². The van der Waals surface area contributed by atoms with Crippen LogP contribution in [0.4, 0.5) is 0 Å². The summed E-state index contributed by atoms with van der Waals surface area (Å²) in [6, 6.07) is 0. The van der Waals surface area contributed by atoms with Crippen LogP contribution in [0.3, 0.4) is 0 Å². The number of rotatable bonds is 0. The van der Waals surface area contributed by atoms with Gasteiger partial charge in [-0.3, -0.25) is 0 Å². The molecule has 0 fully saturated rings. The Morgan fingerprint density at radius 2 is 2.38 bits per heavy atom. The van der Waals surface area contributed by atoms with Crippen molar-refractivity contribution in [2.45, 2.75) is 0 Å². The summed E-state index contributed by atoms with van der Waals surface area (Å²) in [5.74, 6) is 0.838. The Bertz CT molecular complexity index is 95.0. The van der Waals surface area contributed by atoms with E-state index in [9.17, 15) is 0 Å². The minimum absolute atomic E-state index is 0.838. The first-order valence-corrected chi connectivity index (χ1v) is 3.18. The second-order valence-electron chi connectivity index (χ2n) is 1.21. The number of allylic oxidation sites excluding steroid dienone is 2. The lowest BCUT2D eigenvalue weighted by atomic mass is 10.5. The van der Waals surface area contributed by atoms with Crippen LogP contribution in [-0.2, 0) is 9.22 Å². The van der Waals surface area contributed by atoms with Gasteiger partial charge in [-0.1, -0.05) is 12.2 Å². The van der Waals surface area contributed by atoms with Crippen molar-refractivity contribution in [2.24, 2.45) is 0 Å². The first-order valence-electron chi connectivity index (χ1n) is 2.27. The van der Waals surface area contributed by atoms with Crippen LogP contribution < -0.4 is 0 Å². The minimum atomic E-state index is 0.838. The molecule has 0 aromatic heterocycles. The standard InChI is InChI=1S/C5H6O2S/c1-2-4-6-7-8-5-3-1/h1-4H,5H2/b3-1-,4-2-. The van der Waals surface area contributed by atoms with E-state index >= 15 is 0 Å². The molecule has 1 heterocycles. The number of hydrogen-bond acceptors (Lipinski definition) is 3. The smallest absolute Gasteiger partial charge is 0.130 e. The van der Waals surface area contributed by atoms with E-state index in [2.05, 4.69) is 9.22 Å². The van der Waals surface area contributed by atoms with Gasteiger partial charge in [-0.15, -0.1) is 4.33 Å². The normalized spacial score (nSPS) is 27.0. The van der Waals surface area contributed by atoms with Crippen LogP contribution in [0.5, 0.6) is 0 Å². The Labute approximate surface area is 52.3 Å². The van der Waals surface area contributed by atoms with Gasteiger partial charge in [0.15, 0.2) is 0 Å². The maximum atomic E-state index is 4.55. The van der Waals surface area contributed by atoms with E-state index in [0.717, 1.165) is 5.75 Å². The van der Waals surface area contributed by atoms with E-state index in [1.54, 1.807) is 6.08 Å². The molecular weight excluding hydrogens is 124 g/mol. The van der Waals surface area contributed by atoms with Crippen molar-refractivity contribution in [3.05, 3.63) is 24.5 Å². The van der Waals surface area contributed by atoms with Crippen molar-refractivity contribution in [3.63, 3.8) is 0 Å². The predicted octanol–water partition coefficient (Wildman–Crippen LogP) is 1.67. The third-order valence-electron chi connectivity index (χ3n) is 0.633. The molecule has 0 aliphatic carbocycles. The topological polar surface area (TPSA) is 18.5 Å². The minimum Gasteiger partial charge on any atom is -0.333 e. The lowest BCUT2D eigenvalue weighted by Crippen LogP contribution is -1.80. The summed E-state index contributed by atoms with van der Waals surface area (Å²) in [5.41, 5.74) is 0. The maximum absolute atomic E-state index is 4.55. The molecule has 3 heteroatoms. The van der Waals surface area contributed by atoms with Crippen molar-refractivity contribution in [1.29, 1.82) is 0 Å². The largest absolute Gasteiger partial charge is 0.333 e. The molecule has 0 N–H and O–H groups in total. The summed E-state index contributed by atoms with van der Waals surface area (Å²) in [4.78, 5) is 4.51. The zero-order valence-electron chi connectivity index (χ0n) is 4.24. The molecule has 8 heavy (non-hydrogen) atoms. The fourth-order valence-corrected chi connectivity index (χ4v) is 0.675. The molecule has 0 saturated carbocycles. The van der Waals surface area contributed by atoms with Gasteiger partial charge in [0.2, 0.25) is 0 Å². The molecule has 44 valence electrons. The average Bonchev–Trinajstić information content (AvgIpc) is 1.62. The highest BCUT2D eigenvalue weighted by Gasteiger charge is 1.84. The van der Waals surface area contributed by atoms with Gasteiger partial charge in [0.05, 0.1) is 0 Å². The molecule has 1 rings (SSSR count). The van der Waals surface area contributed by atoms with Crippen LogP contribution in [-0.4, -0.2) is 5.75 Å². The van der Waals surface area contributed by atoms with Crippen molar-refractivity contribution < 1.29 is 9.22 Å². The van der Waals surface area contributed by atoms with Crippen molar-refractivity contribution in [3.8, 4) is 0 Å². The van der Waals surface area contributed by atoms with Gasteiger partial charge in [0, 0.05) is 17.8 Å². The molecule has 0 aromatic carbocycles. The fourth-order valence-electron chi connectivity index (χ4n) is 0.329. The van der Waals surface area contributed by atoms with Gasteiger partial charge in [-0.25, -0.2) is 0 Å². The second kappa shape index (κ2) is 3.57. The van der Waals surface area contributed by atoms with Gasteiger partial charge in [0.25, 0.3) is 0 Å². The van der Waals surface area contributed by atoms with E-state index in [-0.39, 0.29) is 0 Å². The van der Waals surface area contributed by atoms with Gasteiger partial charge < -0.3 is 4.89 Å². The first-order chi connectivity index (χ1) is 4.00. The highest BCUT2D eigenvalue weighted by Crippen LogP contribution is 2.05. The molecule has 2 nitrogen and oxygen atoms in total. The van der Waals surface area contributed by atoms with E-state index in [1.807, 2.05) is 12.2 Å². The summed E-state index contributed by atoms with van der Waals surface area (Å²) >= 11 is 1.27. The Balaban J connectivity index is 2.33. The predicted molar refractivity (Wildman–Crippen MR) is 32.9 cm³/mol. The monoisotopic (exact) mass is 130 g/mol. The second-order valence-corrected chi connectivity index (χ2v) is 1.91. The van der Waals surface area contributed by atoms with Crippen molar-refractivity contribution in [1.82, 2.24) is 0 Å². The average molecular weight is 130 g/mol. The lowest BCUT2D eigenvalue weighted by molar-refractivity contribution is -0.129. The molecule has 0 saturated heterocycles. The molecule has 1 aliphatic rings. The Morgan fingerprint density at radius 3 is 3.38 bits per heavy atom. The molecule has 0 radical (unpaired) electrons. The van der Waals surface area contributed by atoms with Crippen LogP contribution in [0.25, 0.3) is 0 Å². The van der Waals surface area contributed by atoms with Gasteiger partial charge >= 0.3 is 0 Å². The molecule has 1 aliphatic heterocycles. The summed E-state index contributed by atoms with van der Waals surface area (Å²) in [6.07, 6.45) is 7.17.